The van der Waals surface area contributed by atoms with Crippen LogP contribution in [-0.4, -0.2) is 19.2 Å². The molecule has 0 fully saturated rings. The standard InChI is InChI=1S/C17H33NO2/c1-4-5-6-7-8-9-10-11-12-13-14-20-15-18-17(19)16(2)3/h2,4-15H2,1,3H3,(H,18,19). The normalized spacial score (nSPS) is 10.5. The van der Waals surface area contributed by atoms with Crippen LogP contribution in [0, 0.1) is 0 Å². The number of nitrogens with one attached hydrogen (secondary N) is 1. The molecule has 118 valence electrons. The van der Waals surface area contributed by atoms with E-state index >= 15 is 0 Å². The van der Waals surface area contributed by atoms with Gasteiger partial charge in [0.15, 0.2) is 0 Å². The van der Waals surface area contributed by atoms with Gasteiger partial charge in [-0.2, -0.15) is 0 Å². The predicted molar refractivity (Wildman–Crippen MR) is 85.6 cm³/mol. The second-order valence-electron chi connectivity index (χ2n) is 5.52. The summed E-state index contributed by atoms with van der Waals surface area (Å²) >= 11 is 0. The van der Waals surface area contributed by atoms with Crippen LogP contribution in [-0.2, 0) is 9.53 Å². The van der Waals surface area contributed by atoms with Gasteiger partial charge in [-0.05, 0) is 13.3 Å². The highest BCUT2D eigenvalue weighted by Crippen LogP contribution is 2.10. The minimum atomic E-state index is -0.131. The lowest BCUT2D eigenvalue weighted by atomic mass is 10.1. The van der Waals surface area contributed by atoms with E-state index in [1.807, 2.05) is 0 Å². The molecule has 0 aromatic carbocycles. The Hall–Kier alpha value is -0.830. The molecule has 0 aromatic rings. The minimum Gasteiger partial charge on any atom is -0.361 e. The number of rotatable bonds is 14. The van der Waals surface area contributed by atoms with Gasteiger partial charge in [-0.1, -0.05) is 71.3 Å². The third-order valence-electron chi connectivity index (χ3n) is 3.36. The van der Waals surface area contributed by atoms with Gasteiger partial charge in [0.05, 0.1) is 0 Å². The molecule has 0 radical (unpaired) electrons. The SMILES string of the molecule is C=C(C)C(=O)NCOCCCCCCCCCCCC. The van der Waals surface area contributed by atoms with E-state index < -0.39 is 0 Å². The van der Waals surface area contributed by atoms with Crippen molar-refractivity contribution in [1.82, 2.24) is 5.32 Å². The molecule has 20 heavy (non-hydrogen) atoms. The van der Waals surface area contributed by atoms with Crippen molar-refractivity contribution < 1.29 is 9.53 Å². The van der Waals surface area contributed by atoms with Crippen LogP contribution in [0.2, 0.25) is 0 Å². The summed E-state index contributed by atoms with van der Waals surface area (Å²) in [5.74, 6) is -0.131. The van der Waals surface area contributed by atoms with Gasteiger partial charge in [0.25, 0.3) is 0 Å². The topological polar surface area (TPSA) is 38.3 Å². The third-order valence-corrected chi connectivity index (χ3v) is 3.36. The third kappa shape index (κ3) is 13.6. The molecule has 0 bridgehead atoms. The molecule has 0 heterocycles. The molecular formula is C17H33NO2. The largest absolute Gasteiger partial charge is 0.361 e. The fraction of sp³-hybridized carbons (Fsp3) is 0.824. The second-order valence-corrected chi connectivity index (χ2v) is 5.52. The summed E-state index contributed by atoms with van der Waals surface area (Å²) in [7, 11) is 0. The Bertz CT molecular complexity index is 251. The quantitative estimate of drug-likeness (QED) is 0.288. The van der Waals surface area contributed by atoms with E-state index in [9.17, 15) is 4.79 Å². The molecule has 0 unspecified atom stereocenters. The van der Waals surface area contributed by atoms with E-state index in [0.717, 1.165) is 13.0 Å². The van der Waals surface area contributed by atoms with Crippen LogP contribution in [0.1, 0.15) is 78.1 Å². The molecule has 3 nitrogen and oxygen atoms in total. The molecule has 3 heteroatoms. The van der Waals surface area contributed by atoms with Gasteiger partial charge in [0.2, 0.25) is 5.91 Å². The minimum absolute atomic E-state index is 0.131. The summed E-state index contributed by atoms with van der Waals surface area (Å²) < 4.78 is 5.35. The van der Waals surface area contributed by atoms with E-state index in [1.54, 1.807) is 6.92 Å². The Morgan fingerprint density at radius 2 is 1.45 bits per heavy atom. The highest BCUT2D eigenvalue weighted by Gasteiger charge is 1.99. The summed E-state index contributed by atoms with van der Waals surface area (Å²) in [4.78, 5) is 11.2. The van der Waals surface area contributed by atoms with Crippen molar-refractivity contribution in [2.45, 2.75) is 78.1 Å². The van der Waals surface area contributed by atoms with Crippen molar-refractivity contribution in [2.24, 2.45) is 0 Å². The predicted octanol–water partition coefficient (Wildman–Crippen LogP) is 4.57. The van der Waals surface area contributed by atoms with Gasteiger partial charge >= 0.3 is 0 Å². The zero-order valence-electron chi connectivity index (χ0n) is 13.5. The summed E-state index contributed by atoms with van der Waals surface area (Å²) in [5, 5.41) is 2.66. The van der Waals surface area contributed by atoms with Crippen LogP contribution in [0.4, 0.5) is 0 Å². The summed E-state index contributed by atoms with van der Waals surface area (Å²) in [5.41, 5.74) is 0.521. The van der Waals surface area contributed by atoms with Crippen molar-refractivity contribution >= 4 is 5.91 Å². The first-order valence-corrected chi connectivity index (χ1v) is 8.20. The second kappa shape index (κ2) is 14.6. The van der Waals surface area contributed by atoms with Crippen LogP contribution in [0.3, 0.4) is 0 Å². The molecule has 0 aromatic heterocycles. The zero-order chi connectivity index (χ0) is 15.1. The number of hydrogen-bond donors (Lipinski definition) is 1. The van der Waals surface area contributed by atoms with Crippen LogP contribution in [0.5, 0.6) is 0 Å². The van der Waals surface area contributed by atoms with Crippen LogP contribution in [0.15, 0.2) is 12.2 Å². The van der Waals surface area contributed by atoms with Crippen molar-refractivity contribution in [3.8, 4) is 0 Å². The zero-order valence-corrected chi connectivity index (χ0v) is 13.5. The Kier molecular flexibility index (Phi) is 14.0. The van der Waals surface area contributed by atoms with Crippen LogP contribution >= 0.6 is 0 Å². The van der Waals surface area contributed by atoms with Gasteiger partial charge in [-0.15, -0.1) is 0 Å². The molecule has 0 saturated heterocycles. The average molecular weight is 283 g/mol. The lowest BCUT2D eigenvalue weighted by Crippen LogP contribution is -2.26. The van der Waals surface area contributed by atoms with Gasteiger partial charge in [0, 0.05) is 12.2 Å². The van der Waals surface area contributed by atoms with Crippen molar-refractivity contribution in [3.63, 3.8) is 0 Å². The first-order valence-electron chi connectivity index (χ1n) is 8.20. The number of carbonyl (C=O) groups is 1. The summed E-state index contributed by atoms with van der Waals surface area (Å²) in [6.45, 7) is 8.54. The highest BCUT2D eigenvalue weighted by molar-refractivity contribution is 5.91. The van der Waals surface area contributed by atoms with E-state index in [1.165, 1.54) is 57.8 Å². The monoisotopic (exact) mass is 283 g/mol. The van der Waals surface area contributed by atoms with Gasteiger partial charge in [0.1, 0.15) is 6.73 Å². The van der Waals surface area contributed by atoms with Crippen LogP contribution in [0.25, 0.3) is 0 Å². The fourth-order valence-electron chi connectivity index (χ4n) is 2.03. The molecule has 0 atom stereocenters. The molecule has 0 spiro atoms. The molecular weight excluding hydrogens is 250 g/mol. The van der Waals surface area contributed by atoms with Crippen molar-refractivity contribution in [3.05, 3.63) is 12.2 Å². The number of ether oxygens (including phenoxy) is 1. The van der Waals surface area contributed by atoms with E-state index in [2.05, 4.69) is 18.8 Å². The maximum absolute atomic E-state index is 11.2. The molecule has 0 aliphatic heterocycles. The number of amides is 1. The maximum atomic E-state index is 11.2. The molecule has 0 aliphatic rings. The molecule has 0 rings (SSSR count). The van der Waals surface area contributed by atoms with Gasteiger partial charge in [-0.25, -0.2) is 0 Å². The van der Waals surface area contributed by atoms with E-state index in [4.69, 9.17) is 4.74 Å². The number of hydrogen-bond acceptors (Lipinski definition) is 2. The lowest BCUT2D eigenvalue weighted by molar-refractivity contribution is -0.119. The Morgan fingerprint density at radius 1 is 0.950 bits per heavy atom. The lowest BCUT2D eigenvalue weighted by Gasteiger charge is -2.06. The Morgan fingerprint density at radius 3 is 1.95 bits per heavy atom. The van der Waals surface area contributed by atoms with Crippen LogP contribution < -0.4 is 5.32 Å². The van der Waals surface area contributed by atoms with E-state index in [0.29, 0.717) is 12.3 Å². The number of carbonyl (C=O) groups excluding carboxylic acids is 1. The summed E-state index contributed by atoms with van der Waals surface area (Å²) in [6.07, 6.45) is 13.2. The van der Waals surface area contributed by atoms with Crippen molar-refractivity contribution in [2.75, 3.05) is 13.3 Å². The highest BCUT2D eigenvalue weighted by atomic mass is 16.5. The number of unbranched alkanes of at least 4 members (excludes halogenated alkanes) is 9. The average Bonchev–Trinajstić information content (AvgIpc) is 2.43. The summed E-state index contributed by atoms with van der Waals surface area (Å²) in [6, 6.07) is 0. The Balaban J connectivity index is 3.06. The first-order chi connectivity index (χ1) is 9.68. The molecule has 1 N–H and O–H groups in total. The maximum Gasteiger partial charge on any atom is 0.248 e. The smallest absolute Gasteiger partial charge is 0.248 e. The first kappa shape index (κ1) is 19.2. The fourth-order valence-corrected chi connectivity index (χ4v) is 2.03. The van der Waals surface area contributed by atoms with Gasteiger partial charge < -0.3 is 10.1 Å². The Labute approximate surface area is 125 Å². The molecule has 0 saturated carbocycles. The van der Waals surface area contributed by atoms with Crippen molar-refractivity contribution in [1.29, 1.82) is 0 Å². The molecule has 0 aliphatic carbocycles. The van der Waals surface area contributed by atoms with Gasteiger partial charge in [-0.3, -0.25) is 4.79 Å². The molecule has 1 amide bonds. The van der Waals surface area contributed by atoms with E-state index in [-0.39, 0.29) is 5.91 Å².